The van der Waals surface area contributed by atoms with Gasteiger partial charge in [-0.3, -0.25) is 4.79 Å². The Bertz CT molecular complexity index is 1170. The number of fused-ring (bicyclic) bond motifs is 2. The van der Waals surface area contributed by atoms with Crippen molar-refractivity contribution in [3.8, 4) is 0 Å². The molecular weight excluding hydrogens is 408 g/mol. The Labute approximate surface area is 185 Å². The lowest BCUT2D eigenvalue weighted by Crippen LogP contribution is -2.19. The van der Waals surface area contributed by atoms with Gasteiger partial charge in [-0.1, -0.05) is 42.1 Å². The van der Waals surface area contributed by atoms with Crippen LogP contribution in [0.15, 0.2) is 82.6 Å². The number of hydrogen-bond acceptors (Lipinski definition) is 5. The quantitative estimate of drug-likeness (QED) is 0.413. The van der Waals surface area contributed by atoms with Crippen molar-refractivity contribution in [2.45, 2.75) is 16.7 Å². The Morgan fingerprint density at radius 2 is 1.74 bits per heavy atom. The Kier molecular flexibility index (Phi) is 6.09. The third-order valence-corrected chi connectivity index (χ3v) is 6.10. The number of ether oxygens (including phenoxy) is 1. The molecule has 3 aromatic rings. The zero-order valence-electron chi connectivity index (χ0n) is 17.3. The van der Waals surface area contributed by atoms with E-state index in [2.05, 4.69) is 47.5 Å². The zero-order chi connectivity index (χ0) is 21.8. The molecule has 1 N–H and O–H groups in total. The van der Waals surface area contributed by atoms with Crippen molar-refractivity contribution >= 4 is 46.8 Å². The molecule has 1 heterocycles. The summed E-state index contributed by atoms with van der Waals surface area (Å²) in [7, 11) is 1.31. The molecule has 0 unspecified atom stereocenters. The van der Waals surface area contributed by atoms with Gasteiger partial charge in [-0.25, -0.2) is 4.79 Å². The third kappa shape index (κ3) is 4.34. The summed E-state index contributed by atoms with van der Waals surface area (Å²) in [5.74, 6) is -0.811. The van der Waals surface area contributed by atoms with Crippen molar-refractivity contribution in [3.63, 3.8) is 0 Å². The molecule has 0 spiro atoms. The normalized spacial score (nSPS) is 12.3. The number of nitrogens with one attached hydrogen (secondary N) is 1. The van der Waals surface area contributed by atoms with E-state index in [-0.39, 0.29) is 5.91 Å². The van der Waals surface area contributed by atoms with Gasteiger partial charge in [-0.15, -0.1) is 0 Å². The molecule has 0 bridgehead atoms. The van der Waals surface area contributed by atoms with Gasteiger partial charge in [-0.05, 0) is 55.0 Å². The Morgan fingerprint density at radius 3 is 2.55 bits per heavy atom. The summed E-state index contributed by atoms with van der Waals surface area (Å²) in [5.41, 5.74) is 4.04. The number of benzene rings is 3. The predicted octanol–water partition coefficient (Wildman–Crippen LogP) is 5.75. The lowest BCUT2D eigenvalue weighted by Gasteiger charge is -2.32. The average Bonchev–Trinajstić information content (AvgIpc) is 2.80. The second-order valence-electron chi connectivity index (χ2n) is 6.90. The highest BCUT2D eigenvalue weighted by Gasteiger charge is 2.21. The van der Waals surface area contributed by atoms with E-state index in [0.29, 0.717) is 11.3 Å². The Hall–Kier alpha value is -3.51. The standard InChI is InChI=1S/C25H22N2O3S/c1-3-27-20-10-6-7-11-22(20)31-23-16-17(12-14-21(23)27)13-15-24(28)26-19-9-5-4-8-18(19)25(29)30-2/h4-16H,3H2,1-2H3,(H,26,28)/b15-13+. The van der Waals surface area contributed by atoms with Gasteiger partial charge in [0.2, 0.25) is 5.91 Å². The summed E-state index contributed by atoms with van der Waals surface area (Å²) in [4.78, 5) is 29.0. The van der Waals surface area contributed by atoms with E-state index in [9.17, 15) is 9.59 Å². The molecule has 1 amide bonds. The van der Waals surface area contributed by atoms with Crippen molar-refractivity contribution in [2.75, 3.05) is 23.9 Å². The van der Waals surface area contributed by atoms with E-state index in [1.165, 1.54) is 29.5 Å². The molecule has 3 aromatic carbocycles. The molecule has 0 radical (unpaired) electrons. The number of methoxy groups -OCH3 is 1. The Morgan fingerprint density at radius 1 is 1.00 bits per heavy atom. The number of esters is 1. The fourth-order valence-corrected chi connectivity index (χ4v) is 4.67. The Balaban J connectivity index is 1.53. The van der Waals surface area contributed by atoms with E-state index in [1.807, 2.05) is 12.1 Å². The van der Waals surface area contributed by atoms with Crippen LogP contribution in [0, 0.1) is 0 Å². The van der Waals surface area contributed by atoms with Crippen molar-refractivity contribution < 1.29 is 14.3 Å². The van der Waals surface area contributed by atoms with E-state index < -0.39 is 5.97 Å². The highest BCUT2D eigenvalue weighted by molar-refractivity contribution is 7.99. The molecule has 4 rings (SSSR count). The summed E-state index contributed by atoms with van der Waals surface area (Å²) in [5, 5.41) is 2.75. The van der Waals surface area contributed by atoms with Gasteiger partial charge in [0, 0.05) is 22.4 Å². The molecule has 0 saturated carbocycles. The first-order chi connectivity index (χ1) is 15.1. The summed E-state index contributed by atoms with van der Waals surface area (Å²) < 4.78 is 4.77. The number of amides is 1. The average molecular weight is 431 g/mol. The van der Waals surface area contributed by atoms with Gasteiger partial charge in [0.25, 0.3) is 0 Å². The predicted molar refractivity (Wildman–Crippen MR) is 125 cm³/mol. The summed E-state index contributed by atoms with van der Waals surface area (Å²) in [6.45, 7) is 3.02. The highest BCUT2D eigenvalue weighted by atomic mass is 32.2. The molecule has 5 nitrogen and oxygen atoms in total. The topological polar surface area (TPSA) is 58.6 Å². The molecule has 0 saturated heterocycles. The minimum absolute atomic E-state index is 0.315. The monoisotopic (exact) mass is 430 g/mol. The summed E-state index contributed by atoms with van der Waals surface area (Å²) in [6, 6.07) is 21.3. The van der Waals surface area contributed by atoms with Crippen LogP contribution in [-0.2, 0) is 9.53 Å². The minimum atomic E-state index is -0.493. The fourth-order valence-electron chi connectivity index (χ4n) is 3.52. The molecule has 0 atom stereocenters. The van der Waals surface area contributed by atoms with Crippen molar-refractivity contribution in [1.82, 2.24) is 0 Å². The van der Waals surface area contributed by atoms with E-state index in [1.54, 1.807) is 42.1 Å². The van der Waals surface area contributed by atoms with Crippen molar-refractivity contribution in [2.24, 2.45) is 0 Å². The van der Waals surface area contributed by atoms with Crippen molar-refractivity contribution in [1.29, 1.82) is 0 Å². The number of anilines is 3. The van der Waals surface area contributed by atoms with Crippen molar-refractivity contribution in [3.05, 3.63) is 83.9 Å². The zero-order valence-corrected chi connectivity index (χ0v) is 18.1. The van der Waals surface area contributed by atoms with Gasteiger partial charge in [0.1, 0.15) is 0 Å². The maximum atomic E-state index is 12.4. The maximum absolute atomic E-state index is 12.4. The van der Waals surface area contributed by atoms with Gasteiger partial charge >= 0.3 is 5.97 Å². The van der Waals surface area contributed by atoms with Crippen LogP contribution in [0.2, 0.25) is 0 Å². The first-order valence-corrected chi connectivity index (χ1v) is 10.8. The van der Waals surface area contributed by atoms with E-state index in [4.69, 9.17) is 4.74 Å². The van der Waals surface area contributed by atoms with Crippen LogP contribution < -0.4 is 10.2 Å². The van der Waals surface area contributed by atoms with Crippen LogP contribution in [0.25, 0.3) is 6.08 Å². The van der Waals surface area contributed by atoms with Crippen LogP contribution in [0.5, 0.6) is 0 Å². The lowest BCUT2D eigenvalue weighted by molar-refractivity contribution is -0.111. The van der Waals surface area contributed by atoms with Crippen LogP contribution in [-0.4, -0.2) is 25.5 Å². The second kappa shape index (κ2) is 9.10. The molecular formula is C25H22N2O3S. The third-order valence-electron chi connectivity index (χ3n) is 4.98. The minimum Gasteiger partial charge on any atom is -0.465 e. The number of rotatable bonds is 5. The molecule has 1 aliphatic rings. The number of nitrogens with zero attached hydrogens (tertiary/aromatic N) is 1. The first kappa shape index (κ1) is 20.8. The van der Waals surface area contributed by atoms with Crippen LogP contribution in [0.1, 0.15) is 22.8 Å². The van der Waals surface area contributed by atoms with Crippen LogP contribution in [0.3, 0.4) is 0 Å². The number of para-hydroxylation sites is 2. The number of carbonyl (C=O) groups is 2. The van der Waals surface area contributed by atoms with Gasteiger partial charge < -0.3 is 15.0 Å². The molecule has 156 valence electrons. The lowest BCUT2D eigenvalue weighted by atomic mass is 10.1. The van der Waals surface area contributed by atoms with E-state index in [0.717, 1.165) is 17.0 Å². The van der Waals surface area contributed by atoms with Crippen LogP contribution in [0.4, 0.5) is 17.1 Å². The smallest absolute Gasteiger partial charge is 0.339 e. The maximum Gasteiger partial charge on any atom is 0.339 e. The number of hydrogen-bond donors (Lipinski definition) is 1. The molecule has 0 fully saturated rings. The fraction of sp³-hybridized carbons (Fsp3) is 0.120. The second-order valence-corrected chi connectivity index (χ2v) is 7.98. The molecule has 1 aliphatic heterocycles. The first-order valence-electron chi connectivity index (χ1n) is 9.95. The van der Waals surface area contributed by atoms with E-state index >= 15 is 0 Å². The van der Waals surface area contributed by atoms with Crippen LogP contribution >= 0.6 is 11.8 Å². The summed E-state index contributed by atoms with van der Waals surface area (Å²) >= 11 is 1.73. The molecule has 31 heavy (non-hydrogen) atoms. The molecule has 6 heteroatoms. The van der Waals surface area contributed by atoms with Gasteiger partial charge in [0.05, 0.1) is 29.7 Å². The highest BCUT2D eigenvalue weighted by Crippen LogP contribution is 2.48. The summed E-state index contributed by atoms with van der Waals surface area (Å²) in [6.07, 6.45) is 3.24. The molecule has 0 aliphatic carbocycles. The number of carbonyl (C=O) groups excluding carboxylic acids is 2. The van der Waals surface area contributed by atoms with Gasteiger partial charge in [0.15, 0.2) is 0 Å². The van der Waals surface area contributed by atoms with Gasteiger partial charge in [-0.2, -0.15) is 0 Å². The molecule has 0 aromatic heterocycles. The SMILES string of the molecule is CCN1c2ccccc2Sc2cc(/C=C/C(=O)Nc3ccccc3C(=O)OC)ccc21. The largest absolute Gasteiger partial charge is 0.465 e.